The van der Waals surface area contributed by atoms with Gasteiger partial charge >= 0.3 is 0 Å². The van der Waals surface area contributed by atoms with Crippen molar-refractivity contribution in [3.05, 3.63) is 66.7 Å². The summed E-state index contributed by atoms with van der Waals surface area (Å²) in [4.78, 5) is 0.369. The van der Waals surface area contributed by atoms with Gasteiger partial charge in [0, 0.05) is 25.0 Å². The third kappa shape index (κ3) is 5.83. The molecule has 4 rings (SSSR count). The van der Waals surface area contributed by atoms with Gasteiger partial charge in [0.15, 0.2) is 0 Å². The van der Waals surface area contributed by atoms with Crippen molar-refractivity contribution in [3.63, 3.8) is 0 Å². The number of hydrogen-bond donors (Lipinski definition) is 3. The number of nitrogens with zero attached hydrogens (tertiary/aromatic N) is 1. The molecule has 3 aromatic rings. The van der Waals surface area contributed by atoms with Crippen molar-refractivity contribution in [3.8, 4) is 11.5 Å². The molecular formula is C25H30N2O5S. The van der Waals surface area contributed by atoms with Crippen LogP contribution in [0.15, 0.2) is 71.6 Å². The Kier molecular flexibility index (Phi) is 7.49. The number of ether oxygens (including phenoxy) is 1. The van der Waals surface area contributed by atoms with Crippen molar-refractivity contribution in [1.29, 1.82) is 0 Å². The van der Waals surface area contributed by atoms with E-state index in [-0.39, 0.29) is 12.4 Å². The van der Waals surface area contributed by atoms with Gasteiger partial charge in [0.25, 0.3) is 0 Å². The van der Waals surface area contributed by atoms with Gasteiger partial charge in [-0.1, -0.05) is 36.4 Å². The quantitative estimate of drug-likeness (QED) is 0.445. The molecule has 176 valence electrons. The van der Waals surface area contributed by atoms with Gasteiger partial charge in [0.05, 0.1) is 4.90 Å². The third-order valence-corrected chi connectivity index (χ3v) is 7.99. The molecule has 1 atom stereocenters. The molecule has 0 amide bonds. The summed E-state index contributed by atoms with van der Waals surface area (Å²) >= 11 is 0. The van der Waals surface area contributed by atoms with Gasteiger partial charge in [0.1, 0.15) is 24.2 Å². The summed E-state index contributed by atoms with van der Waals surface area (Å²) in [6.07, 6.45) is 0.888. The molecule has 3 N–H and O–H groups in total. The molecule has 0 saturated carbocycles. The number of hydrogen-bond acceptors (Lipinski definition) is 6. The zero-order chi connectivity index (χ0) is 23.3. The van der Waals surface area contributed by atoms with E-state index in [9.17, 15) is 18.6 Å². The molecule has 33 heavy (non-hydrogen) atoms. The second-order valence-electron chi connectivity index (χ2n) is 8.44. The molecule has 7 nitrogen and oxygen atoms in total. The van der Waals surface area contributed by atoms with Crippen LogP contribution in [0.3, 0.4) is 0 Å². The summed E-state index contributed by atoms with van der Waals surface area (Å²) in [6, 6.07) is 19.3. The van der Waals surface area contributed by atoms with Crippen LogP contribution in [0, 0.1) is 5.92 Å². The minimum atomic E-state index is -3.54. The summed E-state index contributed by atoms with van der Waals surface area (Å²) in [7, 11) is -3.54. The largest absolute Gasteiger partial charge is 0.508 e. The Morgan fingerprint density at radius 3 is 2.45 bits per heavy atom. The predicted octanol–water partition coefficient (Wildman–Crippen LogP) is 2.98. The average molecular weight is 471 g/mol. The van der Waals surface area contributed by atoms with Crippen molar-refractivity contribution in [2.45, 2.75) is 23.8 Å². The van der Waals surface area contributed by atoms with Crippen LogP contribution in [0.25, 0.3) is 10.8 Å². The number of aromatic hydroxyl groups is 1. The van der Waals surface area contributed by atoms with Crippen LogP contribution < -0.4 is 10.1 Å². The first kappa shape index (κ1) is 23.5. The van der Waals surface area contributed by atoms with E-state index >= 15 is 0 Å². The van der Waals surface area contributed by atoms with Gasteiger partial charge < -0.3 is 20.3 Å². The number of aliphatic hydroxyl groups excluding tert-OH is 1. The van der Waals surface area contributed by atoms with E-state index in [1.165, 1.54) is 12.1 Å². The summed E-state index contributed by atoms with van der Waals surface area (Å²) in [6.45, 7) is 2.25. The molecular weight excluding hydrogens is 440 g/mol. The molecule has 1 heterocycles. The van der Waals surface area contributed by atoms with Gasteiger partial charge in [-0.3, -0.25) is 0 Å². The minimum absolute atomic E-state index is 0.152. The number of nitrogens with one attached hydrogen (secondary N) is 1. The van der Waals surface area contributed by atoms with Gasteiger partial charge in [-0.25, -0.2) is 8.42 Å². The summed E-state index contributed by atoms with van der Waals surface area (Å²) < 4.78 is 33.6. The van der Waals surface area contributed by atoms with E-state index < -0.39 is 16.1 Å². The second kappa shape index (κ2) is 10.5. The van der Waals surface area contributed by atoms with Crippen LogP contribution in [0.1, 0.15) is 12.8 Å². The average Bonchev–Trinajstić information content (AvgIpc) is 2.83. The van der Waals surface area contributed by atoms with Crippen molar-refractivity contribution >= 4 is 20.8 Å². The van der Waals surface area contributed by atoms with E-state index in [1.807, 2.05) is 30.3 Å². The molecule has 0 aromatic heterocycles. The topological polar surface area (TPSA) is 99.1 Å². The van der Waals surface area contributed by atoms with Crippen molar-refractivity contribution in [1.82, 2.24) is 9.62 Å². The first-order valence-corrected chi connectivity index (χ1v) is 12.7. The number of rotatable bonds is 9. The molecule has 1 saturated heterocycles. The Hall–Kier alpha value is -2.65. The van der Waals surface area contributed by atoms with Crippen LogP contribution in [0.4, 0.5) is 0 Å². The van der Waals surface area contributed by atoms with Gasteiger partial charge in [-0.15, -0.1) is 0 Å². The number of aliphatic hydroxyl groups is 1. The molecule has 0 bridgehead atoms. The van der Waals surface area contributed by atoms with Gasteiger partial charge in [-0.2, -0.15) is 4.31 Å². The molecule has 0 radical (unpaired) electrons. The normalized spacial score (nSPS) is 16.6. The maximum atomic E-state index is 13.3. The van der Waals surface area contributed by atoms with E-state index in [2.05, 4.69) is 5.32 Å². The van der Waals surface area contributed by atoms with Gasteiger partial charge in [-0.05, 0) is 61.0 Å². The van der Waals surface area contributed by atoms with E-state index in [0.29, 0.717) is 36.2 Å². The van der Waals surface area contributed by atoms with Crippen molar-refractivity contribution in [2.75, 3.05) is 32.8 Å². The summed E-state index contributed by atoms with van der Waals surface area (Å²) in [5, 5.41) is 24.4. The molecule has 1 fully saturated rings. The smallest absolute Gasteiger partial charge is 0.243 e. The Morgan fingerprint density at radius 2 is 1.70 bits per heavy atom. The molecule has 0 spiro atoms. The Bertz CT molecular complexity index is 1150. The zero-order valence-electron chi connectivity index (χ0n) is 18.4. The van der Waals surface area contributed by atoms with Crippen LogP contribution in [-0.4, -0.2) is 61.8 Å². The molecule has 0 unspecified atom stereocenters. The predicted molar refractivity (Wildman–Crippen MR) is 128 cm³/mol. The lowest BCUT2D eigenvalue weighted by Crippen LogP contribution is -2.42. The minimum Gasteiger partial charge on any atom is -0.508 e. The fourth-order valence-corrected chi connectivity index (χ4v) is 5.85. The highest BCUT2D eigenvalue weighted by Gasteiger charge is 2.30. The SMILES string of the molecule is O=S(=O)(c1cccc2ccccc12)N1CCC(CNC[C@@H](O)COc2ccc(O)cc2)CC1. The van der Waals surface area contributed by atoms with Crippen LogP contribution in [0.5, 0.6) is 11.5 Å². The monoisotopic (exact) mass is 470 g/mol. The third-order valence-electron chi connectivity index (χ3n) is 6.03. The van der Waals surface area contributed by atoms with Crippen LogP contribution in [0.2, 0.25) is 0 Å². The molecule has 3 aromatic carbocycles. The molecule has 8 heteroatoms. The lowest BCUT2D eigenvalue weighted by molar-refractivity contribution is 0.104. The Labute approximate surface area is 194 Å². The number of piperidine rings is 1. The fourth-order valence-electron chi connectivity index (χ4n) is 4.16. The van der Waals surface area contributed by atoms with Crippen LogP contribution >= 0.6 is 0 Å². The Morgan fingerprint density at radius 1 is 1.00 bits per heavy atom. The van der Waals surface area contributed by atoms with Crippen LogP contribution in [-0.2, 0) is 10.0 Å². The number of phenols is 1. The number of fused-ring (bicyclic) bond motifs is 1. The second-order valence-corrected chi connectivity index (χ2v) is 10.3. The van der Waals surface area contributed by atoms with Crippen molar-refractivity contribution in [2.24, 2.45) is 5.92 Å². The maximum absolute atomic E-state index is 13.3. The maximum Gasteiger partial charge on any atom is 0.243 e. The first-order valence-electron chi connectivity index (χ1n) is 11.2. The highest BCUT2D eigenvalue weighted by atomic mass is 32.2. The molecule has 1 aliphatic heterocycles. The summed E-state index contributed by atoms with van der Waals surface area (Å²) in [5.74, 6) is 1.11. The zero-order valence-corrected chi connectivity index (χ0v) is 19.2. The van der Waals surface area contributed by atoms with E-state index in [0.717, 1.165) is 30.2 Å². The molecule has 1 aliphatic rings. The standard InChI is InChI=1S/C25H30N2O5S/c28-21-8-10-23(11-9-21)32-18-22(29)17-26-16-19-12-14-27(15-13-19)33(30,31)25-7-3-5-20-4-1-2-6-24(20)25/h1-11,19,22,26,28-29H,12-18H2/t22-/m1/s1. The highest BCUT2D eigenvalue weighted by Crippen LogP contribution is 2.28. The highest BCUT2D eigenvalue weighted by molar-refractivity contribution is 7.89. The van der Waals surface area contributed by atoms with Gasteiger partial charge in [0.2, 0.25) is 10.0 Å². The lowest BCUT2D eigenvalue weighted by atomic mass is 9.98. The fraction of sp³-hybridized carbons (Fsp3) is 0.360. The molecule has 0 aliphatic carbocycles. The lowest BCUT2D eigenvalue weighted by Gasteiger charge is -2.31. The Balaban J connectivity index is 1.23. The number of phenolic OH excluding ortho intramolecular Hbond substituents is 1. The first-order chi connectivity index (χ1) is 15.9. The number of benzene rings is 3. The number of sulfonamides is 1. The van der Waals surface area contributed by atoms with Crippen molar-refractivity contribution < 1.29 is 23.4 Å². The summed E-state index contributed by atoms with van der Waals surface area (Å²) in [5.41, 5.74) is 0. The van der Waals surface area contributed by atoms with E-state index in [4.69, 9.17) is 4.74 Å². The van der Waals surface area contributed by atoms with E-state index in [1.54, 1.807) is 28.6 Å².